The van der Waals surface area contributed by atoms with E-state index in [0.717, 1.165) is 34.7 Å². The molecule has 1 aliphatic rings. The third kappa shape index (κ3) is 5.65. The fraction of sp³-hybridized carbons (Fsp3) is 0.160. The normalized spacial score (nSPS) is 14.3. The van der Waals surface area contributed by atoms with E-state index in [0.29, 0.717) is 28.3 Å². The molecule has 0 bridgehead atoms. The number of carbonyl (C=O) groups is 1. The van der Waals surface area contributed by atoms with Gasteiger partial charge in [-0.25, -0.2) is 28.7 Å². The third-order valence-corrected chi connectivity index (χ3v) is 7.39. The Kier molecular flexibility index (Phi) is 7.19. The summed E-state index contributed by atoms with van der Waals surface area (Å²) in [5, 5.41) is 5.85. The van der Waals surface area contributed by atoms with Crippen molar-refractivity contribution in [2.24, 2.45) is 0 Å². The van der Waals surface area contributed by atoms with Crippen molar-refractivity contribution in [3.05, 3.63) is 97.4 Å². The fourth-order valence-electron chi connectivity index (χ4n) is 3.91. The van der Waals surface area contributed by atoms with Crippen LogP contribution in [0.25, 0.3) is 6.08 Å². The average Bonchev–Trinajstić information content (AvgIpc) is 3.37. The second-order valence-electron chi connectivity index (χ2n) is 8.27. The summed E-state index contributed by atoms with van der Waals surface area (Å²) < 4.78 is 27.0. The van der Waals surface area contributed by atoms with Gasteiger partial charge in [-0.05, 0) is 58.3 Å². The Balaban J connectivity index is 1.25. The van der Waals surface area contributed by atoms with Gasteiger partial charge in [-0.1, -0.05) is 12.1 Å². The predicted octanol–water partition coefficient (Wildman–Crippen LogP) is 4.85. The molecule has 3 aromatic heterocycles. The molecule has 1 amide bonds. The van der Waals surface area contributed by atoms with Crippen molar-refractivity contribution in [2.45, 2.75) is 25.4 Å². The lowest BCUT2D eigenvalue weighted by molar-refractivity contribution is 0.0946. The molecule has 0 aliphatic heterocycles. The molecule has 3 heterocycles. The molecule has 0 saturated carbocycles. The summed E-state index contributed by atoms with van der Waals surface area (Å²) >= 11 is 4.89. The van der Waals surface area contributed by atoms with Crippen LogP contribution in [0, 0.1) is 11.6 Å². The molecular weight excluding hydrogens is 564 g/mol. The number of nitrogens with two attached hydrogens (primary N) is 1. The maximum atomic E-state index is 13.5. The van der Waals surface area contributed by atoms with Crippen LogP contribution in [0.15, 0.2) is 53.5 Å². The van der Waals surface area contributed by atoms with Crippen LogP contribution in [-0.4, -0.2) is 25.8 Å². The SMILES string of the molecule is Nc1ncnc2c1C[C@H](c1ccc(CNc3ncc(Br)nc3C(=O)NCc3ccc(F)c(F)c3)s1)C=C2. The molecular formula is C25H20BrF2N7OS. The zero-order chi connectivity index (χ0) is 25.9. The monoisotopic (exact) mass is 583 g/mol. The predicted molar refractivity (Wildman–Crippen MR) is 141 cm³/mol. The van der Waals surface area contributed by atoms with E-state index in [9.17, 15) is 13.6 Å². The number of allylic oxidation sites excluding steroid dienone is 1. The fourth-order valence-corrected chi connectivity index (χ4v) is 5.23. The summed E-state index contributed by atoms with van der Waals surface area (Å²) in [5.41, 5.74) is 8.35. The number of halogens is 3. The summed E-state index contributed by atoms with van der Waals surface area (Å²) in [4.78, 5) is 32.0. The Labute approximate surface area is 223 Å². The molecule has 1 aliphatic carbocycles. The molecule has 1 atom stereocenters. The second-order valence-corrected chi connectivity index (χ2v) is 10.3. The van der Waals surface area contributed by atoms with Crippen molar-refractivity contribution in [1.82, 2.24) is 25.3 Å². The van der Waals surface area contributed by atoms with Gasteiger partial charge < -0.3 is 16.4 Å². The first-order valence-electron chi connectivity index (χ1n) is 11.2. The summed E-state index contributed by atoms with van der Waals surface area (Å²) in [6.07, 6.45) is 7.78. The number of rotatable bonds is 7. The second kappa shape index (κ2) is 10.7. The minimum absolute atomic E-state index is 0.00550. The van der Waals surface area contributed by atoms with Crippen molar-refractivity contribution in [3.63, 3.8) is 0 Å². The summed E-state index contributed by atoms with van der Waals surface area (Å²) in [6, 6.07) is 7.56. The number of aromatic nitrogens is 4. The van der Waals surface area contributed by atoms with Crippen molar-refractivity contribution in [3.8, 4) is 0 Å². The Morgan fingerprint density at radius 3 is 2.84 bits per heavy atom. The van der Waals surface area contributed by atoms with Gasteiger partial charge in [-0.15, -0.1) is 11.3 Å². The number of carbonyl (C=O) groups excluding carboxylic acids is 1. The maximum absolute atomic E-state index is 13.5. The average molecular weight is 584 g/mol. The Morgan fingerprint density at radius 2 is 2.00 bits per heavy atom. The molecule has 0 saturated heterocycles. The van der Waals surface area contributed by atoms with Gasteiger partial charge in [0.1, 0.15) is 16.7 Å². The van der Waals surface area contributed by atoms with Crippen molar-refractivity contribution < 1.29 is 13.6 Å². The van der Waals surface area contributed by atoms with E-state index in [2.05, 4.69) is 58.6 Å². The first-order chi connectivity index (χ1) is 17.9. The van der Waals surface area contributed by atoms with Gasteiger partial charge in [0.2, 0.25) is 0 Å². The van der Waals surface area contributed by atoms with E-state index in [1.165, 1.54) is 23.5 Å². The van der Waals surface area contributed by atoms with E-state index in [1.54, 1.807) is 11.3 Å². The van der Waals surface area contributed by atoms with Gasteiger partial charge in [-0.3, -0.25) is 4.79 Å². The number of hydrogen-bond acceptors (Lipinski definition) is 8. The van der Waals surface area contributed by atoms with Gasteiger partial charge >= 0.3 is 0 Å². The van der Waals surface area contributed by atoms with Crippen LogP contribution in [-0.2, 0) is 19.5 Å². The molecule has 1 aromatic carbocycles. The molecule has 12 heteroatoms. The quantitative estimate of drug-likeness (QED) is 0.284. The van der Waals surface area contributed by atoms with Gasteiger partial charge in [0.15, 0.2) is 23.1 Å². The summed E-state index contributed by atoms with van der Waals surface area (Å²) in [6.45, 7) is 0.439. The van der Waals surface area contributed by atoms with Gasteiger partial charge in [0.05, 0.1) is 18.4 Å². The highest BCUT2D eigenvalue weighted by atomic mass is 79.9. The van der Waals surface area contributed by atoms with Crippen LogP contribution in [0.4, 0.5) is 20.4 Å². The number of hydrogen-bond donors (Lipinski definition) is 3. The lowest BCUT2D eigenvalue weighted by Gasteiger charge is -2.18. The van der Waals surface area contributed by atoms with E-state index < -0.39 is 17.5 Å². The van der Waals surface area contributed by atoms with Crippen LogP contribution < -0.4 is 16.4 Å². The first kappa shape index (κ1) is 24.9. The topological polar surface area (TPSA) is 119 Å². The van der Waals surface area contributed by atoms with Crippen molar-refractivity contribution >= 4 is 50.9 Å². The molecule has 0 unspecified atom stereocenters. The number of anilines is 2. The minimum atomic E-state index is -0.976. The van der Waals surface area contributed by atoms with E-state index in [-0.39, 0.29) is 18.2 Å². The zero-order valence-corrected chi connectivity index (χ0v) is 21.6. The number of nitrogens with zero attached hydrogens (tertiary/aromatic N) is 4. The standard InChI is InChI=1S/C25H20BrF2N7OS/c26-21-11-31-24(22(35-21)25(36)32-9-13-1-4-17(27)18(28)7-13)30-10-15-3-6-20(37-15)14-2-5-19-16(8-14)23(29)34-12-33-19/h1-7,11-12,14H,8-10H2,(H,30,31)(H,32,36)(H2,29,33,34)/t14-/m1/s1. The summed E-state index contributed by atoms with van der Waals surface area (Å²) in [7, 11) is 0. The number of nitrogen functional groups attached to an aromatic ring is 1. The number of benzene rings is 1. The van der Waals surface area contributed by atoms with Crippen LogP contribution in [0.5, 0.6) is 0 Å². The molecule has 5 rings (SSSR count). The number of nitrogens with one attached hydrogen (secondary N) is 2. The van der Waals surface area contributed by atoms with E-state index >= 15 is 0 Å². The van der Waals surface area contributed by atoms with E-state index in [4.69, 9.17) is 5.73 Å². The smallest absolute Gasteiger partial charge is 0.274 e. The maximum Gasteiger partial charge on any atom is 0.274 e. The number of thiophene rings is 1. The third-order valence-electron chi connectivity index (χ3n) is 5.80. The van der Waals surface area contributed by atoms with Crippen LogP contribution in [0.2, 0.25) is 0 Å². The molecule has 0 radical (unpaired) electrons. The summed E-state index contributed by atoms with van der Waals surface area (Å²) in [5.74, 6) is -1.45. The molecule has 8 nitrogen and oxygen atoms in total. The van der Waals surface area contributed by atoms with Gasteiger partial charge in [0.25, 0.3) is 5.91 Å². The van der Waals surface area contributed by atoms with Crippen molar-refractivity contribution in [1.29, 1.82) is 0 Å². The van der Waals surface area contributed by atoms with Crippen LogP contribution in [0.3, 0.4) is 0 Å². The van der Waals surface area contributed by atoms with E-state index in [1.807, 2.05) is 12.1 Å². The highest BCUT2D eigenvalue weighted by Gasteiger charge is 2.21. The number of fused-ring (bicyclic) bond motifs is 1. The lowest BCUT2D eigenvalue weighted by Crippen LogP contribution is -2.25. The highest BCUT2D eigenvalue weighted by Crippen LogP contribution is 2.35. The molecule has 37 heavy (non-hydrogen) atoms. The zero-order valence-electron chi connectivity index (χ0n) is 19.2. The van der Waals surface area contributed by atoms with Gasteiger partial charge in [-0.2, -0.15) is 0 Å². The first-order valence-corrected chi connectivity index (χ1v) is 12.8. The Bertz CT molecular complexity index is 1510. The van der Waals surface area contributed by atoms with Crippen LogP contribution in [0.1, 0.15) is 43.0 Å². The highest BCUT2D eigenvalue weighted by molar-refractivity contribution is 9.10. The molecule has 4 aromatic rings. The molecule has 188 valence electrons. The molecule has 0 fully saturated rings. The largest absolute Gasteiger partial charge is 0.383 e. The van der Waals surface area contributed by atoms with Crippen LogP contribution >= 0.6 is 27.3 Å². The minimum Gasteiger partial charge on any atom is -0.383 e. The lowest BCUT2D eigenvalue weighted by atomic mass is 9.91. The van der Waals surface area contributed by atoms with Gasteiger partial charge in [0, 0.05) is 27.8 Å². The molecule has 0 spiro atoms. The van der Waals surface area contributed by atoms with Crippen molar-refractivity contribution in [2.75, 3.05) is 11.1 Å². The Morgan fingerprint density at radius 1 is 1.14 bits per heavy atom. The number of amides is 1. The Hall–Kier alpha value is -3.77. The molecule has 4 N–H and O–H groups in total.